The molecule has 4 saturated heterocycles. The van der Waals surface area contributed by atoms with Crippen molar-refractivity contribution in [3.05, 3.63) is 0 Å². The van der Waals surface area contributed by atoms with Crippen molar-refractivity contribution in [2.75, 3.05) is 42.7 Å². The number of ether oxygens (including phenoxy) is 13. The topological polar surface area (TPSA) is 350 Å². The fourth-order valence-electron chi connectivity index (χ4n) is 7.06. The number of methoxy groups -OCH3 is 6. The third-order valence-corrected chi connectivity index (χ3v) is 10.3. The zero-order chi connectivity index (χ0) is 43.9. The predicted molar refractivity (Wildman–Crippen MR) is 182 cm³/mol. The molecule has 0 aliphatic carbocycles. The van der Waals surface area contributed by atoms with Crippen molar-refractivity contribution < 1.29 is 122 Å². The lowest BCUT2D eigenvalue weighted by molar-refractivity contribution is -0.384. The maximum atomic E-state index is 12.5. The zero-order valence-corrected chi connectivity index (χ0v) is 32.9. The van der Waals surface area contributed by atoms with Gasteiger partial charge in [0.2, 0.25) is 0 Å². The van der Waals surface area contributed by atoms with Gasteiger partial charge in [-0.05, 0) is 0 Å². The van der Waals surface area contributed by atoms with Gasteiger partial charge in [0.25, 0.3) is 0 Å². The largest absolute Gasteiger partial charge is 0.469 e. The minimum atomic E-state index is -2.13. The maximum absolute atomic E-state index is 12.5. The number of hydrogen-bond acceptors (Lipinski definition) is 25. The number of rotatable bonds is 16. The number of carbonyl (C=O) groups is 4. The van der Waals surface area contributed by atoms with E-state index in [1.807, 2.05) is 0 Å². The molecule has 4 rings (SSSR count). The SMILES string of the molecule is COC(=O)CC1O[C@H](O[C@H]2C(CC(=O)OC)O[C@@H](O[C@@H]3C(CC(=O)OC)O[C@H](OC)C(O)C3O)C(O)C2O)C(O)C(O)[C@@H]1O[C@@H]1OC(CC(=O)OC)[C@H](OC)C(O)C1O. The summed E-state index contributed by atoms with van der Waals surface area (Å²) in [5.74, 6) is -3.46. The fraction of sp³-hybridized carbons (Fsp3) is 0.882. The van der Waals surface area contributed by atoms with Crippen LogP contribution in [-0.2, 0) is 80.8 Å². The van der Waals surface area contributed by atoms with Gasteiger partial charge in [-0.25, -0.2) is 0 Å². The molecule has 12 unspecified atom stereocenters. The van der Waals surface area contributed by atoms with Gasteiger partial charge in [0.05, 0.1) is 54.1 Å². The minimum Gasteiger partial charge on any atom is -0.469 e. The molecular formula is C34H54O25. The Balaban J connectivity index is 1.58. The Bertz CT molecular complexity index is 1390. The molecule has 0 radical (unpaired) electrons. The standard InChI is InChI=1S/C34H54O25/c1-47-15(35)7-11-27(51-5)19(39)24(44)32(54-11)58-29-13(9-17(37)49-3)56-34(26(46)21(29)41)59-30-14(10-18(38)50-4)55-33(25(45)22(30)42)57-28-12(8-16(36)48-2)53-31(52-6)23(43)20(28)40/h11-14,19-34,39-46H,7-10H2,1-6H3/t11?,12?,13?,14?,19?,20?,21?,22?,23?,24?,25?,26?,27-,28+,29+,30-,31-,32-,33-,34+/m0/s1. The van der Waals surface area contributed by atoms with E-state index < -0.39 is 172 Å². The Morgan fingerprint density at radius 1 is 0.356 bits per heavy atom. The summed E-state index contributed by atoms with van der Waals surface area (Å²) in [7, 11) is 6.61. The molecule has 4 fully saturated rings. The van der Waals surface area contributed by atoms with Gasteiger partial charge in [-0.3, -0.25) is 19.2 Å². The summed E-state index contributed by atoms with van der Waals surface area (Å²) in [6.45, 7) is 0. The third kappa shape index (κ3) is 11.4. The van der Waals surface area contributed by atoms with Crippen LogP contribution in [0, 0.1) is 0 Å². The Hall–Kier alpha value is -2.80. The first kappa shape index (κ1) is 48.9. The Kier molecular flexibility index (Phi) is 18.1. The van der Waals surface area contributed by atoms with Gasteiger partial charge in [-0.1, -0.05) is 0 Å². The van der Waals surface area contributed by atoms with Gasteiger partial charge in [0.1, 0.15) is 97.7 Å². The Labute approximate surface area is 336 Å². The first-order valence-corrected chi connectivity index (χ1v) is 18.3. The van der Waals surface area contributed by atoms with E-state index in [9.17, 15) is 60.0 Å². The van der Waals surface area contributed by atoms with E-state index in [0.717, 1.165) is 35.5 Å². The summed E-state index contributed by atoms with van der Waals surface area (Å²) < 4.78 is 69.4. The molecule has 4 heterocycles. The lowest BCUT2D eigenvalue weighted by Gasteiger charge is -2.49. The third-order valence-electron chi connectivity index (χ3n) is 10.3. The van der Waals surface area contributed by atoms with E-state index in [-0.39, 0.29) is 0 Å². The number of aliphatic hydroxyl groups excluding tert-OH is 8. The normalized spacial score (nSPS) is 42.7. The van der Waals surface area contributed by atoms with E-state index in [0.29, 0.717) is 0 Å². The maximum Gasteiger partial charge on any atom is 0.308 e. The first-order chi connectivity index (χ1) is 27.9. The summed E-state index contributed by atoms with van der Waals surface area (Å²) in [5.41, 5.74) is 0. The van der Waals surface area contributed by atoms with E-state index in [1.165, 1.54) is 7.11 Å². The van der Waals surface area contributed by atoms with Crippen molar-refractivity contribution in [1.29, 1.82) is 0 Å². The summed E-state index contributed by atoms with van der Waals surface area (Å²) in [5, 5.41) is 88.4. The van der Waals surface area contributed by atoms with Gasteiger partial charge in [0.15, 0.2) is 25.2 Å². The van der Waals surface area contributed by atoms with Crippen LogP contribution < -0.4 is 0 Å². The van der Waals surface area contributed by atoms with Crippen LogP contribution in [-0.4, -0.2) is 230 Å². The molecule has 25 nitrogen and oxygen atoms in total. The van der Waals surface area contributed by atoms with Crippen molar-refractivity contribution in [2.45, 2.75) is 149 Å². The second-order valence-electron chi connectivity index (χ2n) is 14.0. The highest BCUT2D eigenvalue weighted by Crippen LogP contribution is 2.36. The quantitative estimate of drug-likeness (QED) is 0.0529. The molecule has 0 bridgehead atoms. The molecule has 340 valence electrons. The molecule has 0 aromatic rings. The van der Waals surface area contributed by atoms with Crippen molar-refractivity contribution in [3.63, 3.8) is 0 Å². The van der Waals surface area contributed by atoms with Crippen molar-refractivity contribution in [3.8, 4) is 0 Å². The van der Waals surface area contributed by atoms with E-state index in [2.05, 4.69) is 9.47 Å². The summed E-state index contributed by atoms with van der Waals surface area (Å²) in [6, 6.07) is 0. The Morgan fingerprint density at radius 2 is 0.593 bits per heavy atom. The van der Waals surface area contributed by atoms with Crippen LogP contribution >= 0.6 is 0 Å². The second-order valence-corrected chi connectivity index (χ2v) is 14.0. The highest BCUT2D eigenvalue weighted by atomic mass is 16.8. The van der Waals surface area contributed by atoms with Gasteiger partial charge in [-0.2, -0.15) is 0 Å². The monoisotopic (exact) mass is 862 g/mol. The van der Waals surface area contributed by atoms with Crippen LogP contribution in [0.15, 0.2) is 0 Å². The smallest absolute Gasteiger partial charge is 0.308 e. The van der Waals surface area contributed by atoms with Crippen LogP contribution in [0.5, 0.6) is 0 Å². The first-order valence-electron chi connectivity index (χ1n) is 18.3. The zero-order valence-electron chi connectivity index (χ0n) is 32.9. The fourth-order valence-corrected chi connectivity index (χ4v) is 7.06. The molecule has 25 heteroatoms. The van der Waals surface area contributed by atoms with Crippen molar-refractivity contribution in [2.24, 2.45) is 0 Å². The molecule has 0 spiro atoms. The van der Waals surface area contributed by atoms with Crippen LogP contribution in [0.25, 0.3) is 0 Å². The van der Waals surface area contributed by atoms with Crippen LogP contribution in [0.1, 0.15) is 25.7 Å². The molecule has 0 aromatic carbocycles. The number of aliphatic hydroxyl groups is 8. The highest BCUT2D eigenvalue weighted by molar-refractivity contribution is 5.71. The van der Waals surface area contributed by atoms with E-state index in [1.54, 1.807) is 0 Å². The average Bonchev–Trinajstić information content (AvgIpc) is 3.22. The molecule has 20 atom stereocenters. The van der Waals surface area contributed by atoms with Crippen molar-refractivity contribution in [1.82, 2.24) is 0 Å². The summed E-state index contributed by atoms with van der Waals surface area (Å²) >= 11 is 0. The molecule has 8 N–H and O–H groups in total. The molecule has 4 aliphatic heterocycles. The van der Waals surface area contributed by atoms with Gasteiger partial charge in [-0.15, -0.1) is 0 Å². The van der Waals surface area contributed by atoms with Crippen LogP contribution in [0.4, 0.5) is 0 Å². The number of carbonyl (C=O) groups excluding carboxylic acids is 4. The molecule has 0 saturated carbocycles. The minimum absolute atomic E-state index is 0.470. The highest BCUT2D eigenvalue weighted by Gasteiger charge is 2.56. The predicted octanol–water partition coefficient (Wildman–Crippen LogP) is -6.16. The van der Waals surface area contributed by atoms with Gasteiger partial charge in [0, 0.05) is 14.2 Å². The lowest BCUT2D eigenvalue weighted by Crippen LogP contribution is -2.67. The molecular weight excluding hydrogens is 808 g/mol. The molecule has 4 aliphatic rings. The summed E-state index contributed by atoms with van der Waals surface area (Å²) in [4.78, 5) is 49.3. The van der Waals surface area contributed by atoms with Gasteiger partial charge >= 0.3 is 23.9 Å². The number of esters is 4. The van der Waals surface area contributed by atoms with Crippen molar-refractivity contribution >= 4 is 23.9 Å². The van der Waals surface area contributed by atoms with Crippen LogP contribution in [0.2, 0.25) is 0 Å². The lowest BCUT2D eigenvalue weighted by atomic mass is 9.93. The Morgan fingerprint density at radius 3 is 0.847 bits per heavy atom. The molecule has 59 heavy (non-hydrogen) atoms. The average molecular weight is 863 g/mol. The molecule has 0 aromatic heterocycles. The van der Waals surface area contributed by atoms with E-state index >= 15 is 0 Å². The number of hydrogen-bond donors (Lipinski definition) is 8. The second kappa shape index (κ2) is 21.8. The van der Waals surface area contributed by atoms with Gasteiger partial charge < -0.3 is 102 Å². The van der Waals surface area contributed by atoms with E-state index in [4.69, 9.17) is 52.1 Å². The summed E-state index contributed by atoms with van der Waals surface area (Å²) in [6.07, 6.45) is -37.5. The molecule has 0 amide bonds. The van der Waals surface area contributed by atoms with Crippen LogP contribution in [0.3, 0.4) is 0 Å².